The van der Waals surface area contributed by atoms with Gasteiger partial charge in [-0.2, -0.15) is 0 Å². The van der Waals surface area contributed by atoms with Crippen LogP contribution in [0.3, 0.4) is 0 Å². The molecular weight excluding hydrogens is 244 g/mol. The molecule has 1 aliphatic carbocycles. The van der Waals surface area contributed by atoms with Crippen LogP contribution in [0.15, 0.2) is 35.5 Å². The number of rotatable bonds is 1. The Morgan fingerprint density at radius 2 is 2.06 bits per heavy atom. The third-order valence-corrected chi connectivity index (χ3v) is 5.01. The zero-order chi connectivity index (χ0) is 11.9. The van der Waals surface area contributed by atoms with Crippen LogP contribution in [-0.2, 0) is 0 Å². The van der Waals surface area contributed by atoms with Crippen molar-refractivity contribution in [3.63, 3.8) is 0 Å². The Balaban J connectivity index is 1.76. The molecule has 1 saturated carbocycles. The summed E-state index contributed by atoms with van der Waals surface area (Å²) >= 11 is 1.87. The topological polar surface area (TPSA) is 42.7 Å². The molecule has 4 nitrogen and oxygen atoms in total. The van der Waals surface area contributed by atoms with Crippen LogP contribution in [0, 0.1) is 0 Å². The maximum absolute atomic E-state index is 4.32. The lowest BCUT2D eigenvalue weighted by atomic mass is 10.2. The molecule has 1 aromatic carbocycles. The number of fused-ring (bicyclic) bond motifs is 2. The van der Waals surface area contributed by atoms with Crippen LogP contribution in [0.4, 0.5) is 0 Å². The quantitative estimate of drug-likeness (QED) is 0.853. The van der Waals surface area contributed by atoms with Crippen molar-refractivity contribution in [1.82, 2.24) is 14.9 Å². The smallest absolute Gasteiger partial charge is 0.210 e. The molecule has 2 heterocycles. The van der Waals surface area contributed by atoms with Crippen molar-refractivity contribution >= 4 is 11.8 Å². The number of aromatic nitrogens is 3. The lowest BCUT2D eigenvalue weighted by molar-refractivity contribution is 0.611. The van der Waals surface area contributed by atoms with Gasteiger partial charge < -0.3 is 5.43 Å². The molecule has 2 aromatic rings. The maximum Gasteiger partial charge on any atom is 0.210 e. The third-order valence-electron chi connectivity index (χ3n) is 3.67. The molecule has 0 radical (unpaired) electrons. The number of nitrogens with zero attached hydrogens (tertiary/aromatic N) is 3. The normalized spacial score (nSPS) is 25.3. The van der Waals surface area contributed by atoms with Gasteiger partial charge in [-0.3, -0.25) is 0 Å². The first kappa shape index (κ1) is 10.4. The average Bonchev–Trinajstić information content (AvgIpc) is 3.02. The van der Waals surface area contributed by atoms with Gasteiger partial charge in [0, 0.05) is 10.8 Å². The Morgan fingerprint density at radius 1 is 1.17 bits per heavy atom. The molecule has 1 aromatic heterocycles. The minimum Gasteiger partial charge on any atom is -0.318 e. The van der Waals surface area contributed by atoms with Gasteiger partial charge in [-0.1, -0.05) is 48.5 Å². The van der Waals surface area contributed by atoms with Crippen LogP contribution in [0.2, 0.25) is 0 Å². The molecule has 2 aliphatic rings. The Bertz CT molecular complexity index is 566. The average molecular weight is 258 g/mol. The molecule has 0 amide bonds. The fraction of sp³-hybridized carbons (Fsp3) is 0.385. The monoisotopic (exact) mass is 258 g/mol. The predicted octanol–water partition coefficient (Wildman–Crippen LogP) is 2.52. The summed E-state index contributed by atoms with van der Waals surface area (Å²) in [5.41, 5.74) is 4.69. The van der Waals surface area contributed by atoms with Crippen LogP contribution < -0.4 is 5.43 Å². The standard InChI is InChI=1S/C13H14N4S/c1-2-5-9(6-3-1)12-14-15-13-17(12)16-10-7-4-8-11(10)18-13/h1-3,5-6,10-11,16H,4,7-8H2. The first-order valence-corrected chi connectivity index (χ1v) is 7.24. The van der Waals surface area contributed by atoms with E-state index >= 15 is 0 Å². The third kappa shape index (κ3) is 1.54. The fourth-order valence-electron chi connectivity index (χ4n) is 2.75. The highest BCUT2D eigenvalue weighted by atomic mass is 32.2. The first-order chi connectivity index (χ1) is 8.92. The highest BCUT2D eigenvalue weighted by Gasteiger charge is 2.35. The number of hydrogen-bond acceptors (Lipinski definition) is 4. The van der Waals surface area contributed by atoms with E-state index in [1.54, 1.807) is 0 Å². The molecule has 1 fully saturated rings. The van der Waals surface area contributed by atoms with Gasteiger partial charge in [-0.05, 0) is 12.8 Å². The van der Waals surface area contributed by atoms with Gasteiger partial charge >= 0.3 is 0 Å². The molecule has 2 atom stereocenters. The molecular formula is C13H14N4S. The summed E-state index contributed by atoms with van der Waals surface area (Å²) in [6, 6.07) is 10.8. The van der Waals surface area contributed by atoms with E-state index in [-0.39, 0.29) is 0 Å². The Morgan fingerprint density at radius 3 is 2.94 bits per heavy atom. The van der Waals surface area contributed by atoms with Crippen molar-refractivity contribution in [3.05, 3.63) is 30.3 Å². The Hall–Kier alpha value is -1.49. The summed E-state index contributed by atoms with van der Waals surface area (Å²) in [5.74, 6) is 0.920. The predicted molar refractivity (Wildman–Crippen MR) is 72.1 cm³/mol. The SMILES string of the molecule is c1ccc(-c2nnc3n2NC2CCCC2S3)cc1. The van der Waals surface area contributed by atoms with Crippen LogP contribution in [-0.4, -0.2) is 26.2 Å². The van der Waals surface area contributed by atoms with Crippen LogP contribution in [0.25, 0.3) is 11.4 Å². The highest BCUT2D eigenvalue weighted by molar-refractivity contribution is 7.99. The second kappa shape index (κ2) is 4.02. The van der Waals surface area contributed by atoms with Gasteiger partial charge in [0.15, 0.2) is 5.82 Å². The fourth-order valence-corrected chi connectivity index (χ4v) is 4.00. The van der Waals surface area contributed by atoms with Crippen molar-refractivity contribution in [2.45, 2.75) is 35.7 Å². The van der Waals surface area contributed by atoms with Gasteiger partial charge in [0.2, 0.25) is 5.16 Å². The van der Waals surface area contributed by atoms with Crippen LogP contribution in [0.5, 0.6) is 0 Å². The number of hydrogen-bond donors (Lipinski definition) is 1. The maximum atomic E-state index is 4.32. The highest BCUT2D eigenvalue weighted by Crippen LogP contribution is 2.39. The number of thioether (sulfide) groups is 1. The zero-order valence-electron chi connectivity index (χ0n) is 9.91. The van der Waals surface area contributed by atoms with Gasteiger partial charge in [0.25, 0.3) is 0 Å². The van der Waals surface area contributed by atoms with Gasteiger partial charge in [-0.25, -0.2) is 4.68 Å². The lowest BCUT2D eigenvalue weighted by Crippen LogP contribution is -2.37. The van der Waals surface area contributed by atoms with Gasteiger partial charge in [0.1, 0.15) is 0 Å². The Labute approximate surface area is 110 Å². The number of nitrogens with one attached hydrogen (secondary N) is 1. The first-order valence-electron chi connectivity index (χ1n) is 6.36. The van der Waals surface area contributed by atoms with E-state index in [0.29, 0.717) is 11.3 Å². The summed E-state index contributed by atoms with van der Waals surface area (Å²) in [7, 11) is 0. The Kier molecular flexibility index (Phi) is 2.33. The van der Waals surface area contributed by atoms with Crippen molar-refractivity contribution in [2.24, 2.45) is 0 Å². The minimum atomic E-state index is 0.570. The largest absolute Gasteiger partial charge is 0.318 e. The van der Waals surface area contributed by atoms with E-state index in [4.69, 9.17) is 0 Å². The lowest BCUT2D eigenvalue weighted by Gasteiger charge is -2.28. The minimum absolute atomic E-state index is 0.570. The van der Waals surface area contributed by atoms with Crippen molar-refractivity contribution in [3.8, 4) is 11.4 Å². The van der Waals surface area contributed by atoms with E-state index in [0.717, 1.165) is 16.5 Å². The van der Waals surface area contributed by atoms with Gasteiger partial charge in [0.05, 0.1) is 6.04 Å². The second-order valence-corrected chi connectivity index (χ2v) is 6.04. The van der Waals surface area contributed by atoms with E-state index in [1.807, 2.05) is 30.0 Å². The van der Waals surface area contributed by atoms with Crippen molar-refractivity contribution < 1.29 is 0 Å². The van der Waals surface area contributed by atoms with E-state index in [2.05, 4.69) is 32.4 Å². The molecule has 0 saturated heterocycles. The van der Waals surface area contributed by atoms with Crippen molar-refractivity contribution in [1.29, 1.82) is 0 Å². The van der Waals surface area contributed by atoms with Crippen LogP contribution >= 0.6 is 11.8 Å². The van der Waals surface area contributed by atoms with E-state index < -0.39 is 0 Å². The van der Waals surface area contributed by atoms with Crippen molar-refractivity contribution in [2.75, 3.05) is 5.43 Å². The molecule has 5 heteroatoms. The summed E-state index contributed by atoms with van der Waals surface area (Å²) in [4.78, 5) is 0. The molecule has 2 unspecified atom stereocenters. The van der Waals surface area contributed by atoms with Crippen LogP contribution in [0.1, 0.15) is 19.3 Å². The molecule has 0 bridgehead atoms. The molecule has 4 rings (SSSR count). The molecule has 0 spiro atoms. The number of benzene rings is 1. The summed E-state index contributed by atoms with van der Waals surface area (Å²) in [6.45, 7) is 0. The molecule has 1 N–H and O–H groups in total. The summed E-state index contributed by atoms with van der Waals surface area (Å²) < 4.78 is 2.06. The molecule has 18 heavy (non-hydrogen) atoms. The molecule has 92 valence electrons. The zero-order valence-corrected chi connectivity index (χ0v) is 10.7. The van der Waals surface area contributed by atoms with Gasteiger partial charge in [-0.15, -0.1) is 10.2 Å². The molecule has 1 aliphatic heterocycles. The second-order valence-electron chi connectivity index (χ2n) is 4.83. The summed E-state index contributed by atoms with van der Waals surface area (Å²) in [5, 5.41) is 10.3. The summed E-state index contributed by atoms with van der Waals surface area (Å²) in [6.07, 6.45) is 3.85. The van der Waals surface area contributed by atoms with E-state index in [1.165, 1.54) is 19.3 Å². The van der Waals surface area contributed by atoms with E-state index in [9.17, 15) is 0 Å².